The van der Waals surface area contributed by atoms with Gasteiger partial charge in [-0.1, -0.05) is 12.1 Å². The summed E-state index contributed by atoms with van der Waals surface area (Å²) in [5.41, 5.74) is 1.22. The second-order valence-corrected chi connectivity index (χ2v) is 5.97. The second-order valence-electron chi connectivity index (χ2n) is 4.78. The third-order valence-corrected chi connectivity index (χ3v) is 4.64. The highest BCUT2D eigenvalue weighted by Crippen LogP contribution is 2.38. The lowest BCUT2D eigenvalue weighted by molar-refractivity contribution is 0.0760. The summed E-state index contributed by atoms with van der Waals surface area (Å²) in [7, 11) is 0. The maximum Gasteiger partial charge on any atom is 0.255 e. The highest BCUT2D eigenvalue weighted by Gasteiger charge is 2.31. The van der Waals surface area contributed by atoms with Crippen molar-refractivity contribution in [2.24, 2.45) is 0 Å². The summed E-state index contributed by atoms with van der Waals surface area (Å²) < 4.78 is 26.3. The Morgan fingerprint density at radius 1 is 1.10 bits per heavy atom. The average Bonchev–Trinajstić information content (AvgIpc) is 2.97. The number of thioether (sulfide) groups is 1. The van der Waals surface area contributed by atoms with E-state index >= 15 is 0 Å². The number of benzene rings is 2. The number of carbonyl (C=O) groups excluding carboxylic acids is 1. The van der Waals surface area contributed by atoms with E-state index in [4.69, 9.17) is 0 Å². The normalized spacial score (nSPS) is 18.0. The molecule has 0 radical (unpaired) electrons. The lowest BCUT2D eigenvalue weighted by atomic mass is 10.1. The van der Waals surface area contributed by atoms with Gasteiger partial charge in [0.25, 0.3) is 5.91 Å². The van der Waals surface area contributed by atoms with Gasteiger partial charge in [0.05, 0.1) is 0 Å². The molecule has 2 aromatic rings. The van der Waals surface area contributed by atoms with Crippen LogP contribution in [0.3, 0.4) is 0 Å². The van der Waals surface area contributed by atoms with E-state index in [0.29, 0.717) is 12.1 Å². The number of hydrogen-bond donors (Lipinski definition) is 0. The highest BCUT2D eigenvalue weighted by molar-refractivity contribution is 7.99. The molecule has 2 nitrogen and oxygen atoms in total. The molecular formula is C16H13F2NOS. The van der Waals surface area contributed by atoms with Crippen LogP contribution in [0.25, 0.3) is 0 Å². The Morgan fingerprint density at radius 3 is 2.57 bits per heavy atom. The molecule has 1 fully saturated rings. The first-order valence-electron chi connectivity index (χ1n) is 6.59. The number of carbonyl (C=O) groups is 1. The van der Waals surface area contributed by atoms with E-state index in [1.165, 1.54) is 36.4 Å². The molecule has 0 aromatic heterocycles. The molecule has 1 unspecified atom stereocenters. The van der Waals surface area contributed by atoms with Crippen LogP contribution in [0.2, 0.25) is 0 Å². The lowest BCUT2D eigenvalue weighted by Gasteiger charge is -2.24. The van der Waals surface area contributed by atoms with Crippen LogP contribution in [-0.2, 0) is 0 Å². The van der Waals surface area contributed by atoms with E-state index in [2.05, 4.69) is 0 Å². The van der Waals surface area contributed by atoms with E-state index in [1.54, 1.807) is 22.7 Å². The van der Waals surface area contributed by atoms with Gasteiger partial charge >= 0.3 is 0 Å². The van der Waals surface area contributed by atoms with Crippen molar-refractivity contribution in [1.82, 2.24) is 4.90 Å². The molecule has 0 N–H and O–H groups in total. The standard InChI is InChI=1S/C16H13F2NOS/c17-13-6-4-11(5-7-13)15(20)19-8-9-21-16(19)12-2-1-3-14(18)10-12/h1-7,10,16H,8-9H2. The molecular weight excluding hydrogens is 292 g/mol. The predicted molar refractivity (Wildman–Crippen MR) is 79.0 cm³/mol. The van der Waals surface area contributed by atoms with Gasteiger partial charge in [-0.15, -0.1) is 11.8 Å². The van der Waals surface area contributed by atoms with Crippen LogP contribution < -0.4 is 0 Å². The van der Waals surface area contributed by atoms with Crippen molar-refractivity contribution < 1.29 is 13.6 Å². The molecule has 108 valence electrons. The number of halogens is 2. The fraction of sp³-hybridized carbons (Fsp3) is 0.188. The molecule has 5 heteroatoms. The van der Waals surface area contributed by atoms with Crippen molar-refractivity contribution in [3.8, 4) is 0 Å². The van der Waals surface area contributed by atoms with E-state index < -0.39 is 0 Å². The zero-order valence-corrected chi connectivity index (χ0v) is 11.9. The van der Waals surface area contributed by atoms with Crippen LogP contribution in [0.15, 0.2) is 48.5 Å². The molecule has 1 aliphatic rings. The molecule has 0 bridgehead atoms. The quantitative estimate of drug-likeness (QED) is 0.840. The smallest absolute Gasteiger partial charge is 0.255 e. The summed E-state index contributed by atoms with van der Waals surface area (Å²) in [6, 6.07) is 11.8. The van der Waals surface area contributed by atoms with Crippen molar-refractivity contribution >= 4 is 17.7 Å². The number of hydrogen-bond acceptors (Lipinski definition) is 2. The van der Waals surface area contributed by atoms with Crippen LogP contribution in [0, 0.1) is 11.6 Å². The Labute approximate surface area is 125 Å². The van der Waals surface area contributed by atoms with Crippen molar-refractivity contribution in [3.63, 3.8) is 0 Å². The molecule has 3 rings (SSSR count). The first-order valence-corrected chi connectivity index (χ1v) is 7.63. The van der Waals surface area contributed by atoms with E-state index in [9.17, 15) is 13.6 Å². The summed E-state index contributed by atoms with van der Waals surface area (Å²) in [4.78, 5) is 14.2. The first-order chi connectivity index (χ1) is 10.1. The number of amides is 1. The summed E-state index contributed by atoms with van der Waals surface area (Å²) in [6.45, 7) is 0.599. The van der Waals surface area contributed by atoms with E-state index in [-0.39, 0.29) is 22.9 Å². The van der Waals surface area contributed by atoms with Gasteiger partial charge in [0.15, 0.2) is 0 Å². The minimum Gasteiger partial charge on any atom is -0.322 e. The Hall–Kier alpha value is -1.88. The zero-order valence-electron chi connectivity index (χ0n) is 11.1. The fourth-order valence-corrected chi connectivity index (χ4v) is 3.62. The van der Waals surface area contributed by atoms with E-state index in [0.717, 1.165) is 11.3 Å². The van der Waals surface area contributed by atoms with Gasteiger partial charge in [-0.2, -0.15) is 0 Å². The van der Waals surface area contributed by atoms with Crippen LogP contribution >= 0.6 is 11.8 Å². The summed E-state index contributed by atoms with van der Waals surface area (Å²) in [5.74, 6) is -0.0406. The molecule has 0 saturated carbocycles. The lowest BCUT2D eigenvalue weighted by Crippen LogP contribution is -2.30. The molecule has 21 heavy (non-hydrogen) atoms. The first kappa shape index (κ1) is 14.1. The van der Waals surface area contributed by atoms with Crippen molar-refractivity contribution in [3.05, 3.63) is 71.3 Å². The van der Waals surface area contributed by atoms with Crippen LogP contribution in [0.4, 0.5) is 8.78 Å². The van der Waals surface area contributed by atoms with Gasteiger partial charge in [-0.3, -0.25) is 4.79 Å². The van der Waals surface area contributed by atoms with Gasteiger partial charge in [-0.25, -0.2) is 8.78 Å². The molecule has 1 atom stereocenters. The average molecular weight is 305 g/mol. The van der Waals surface area contributed by atoms with Gasteiger partial charge in [-0.05, 0) is 42.0 Å². The van der Waals surface area contributed by atoms with Gasteiger partial charge in [0.1, 0.15) is 17.0 Å². The van der Waals surface area contributed by atoms with Crippen molar-refractivity contribution in [2.45, 2.75) is 5.37 Å². The Morgan fingerprint density at radius 2 is 1.86 bits per heavy atom. The molecule has 1 aliphatic heterocycles. The molecule has 0 aliphatic carbocycles. The van der Waals surface area contributed by atoms with Gasteiger partial charge < -0.3 is 4.90 Å². The van der Waals surface area contributed by atoms with Crippen LogP contribution in [-0.4, -0.2) is 23.1 Å². The largest absolute Gasteiger partial charge is 0.322 e. The SMILES string of the molecule is O=C(c1ccc(F)cc1)N1CCSC1c1cccc(F)c1. The molecule has 1 amide bonds. The fourth-order valence-electron chi connectivity index (χ4n) is 2.37. The van der Waals surface area contributed by atoms with Crippen molar-refractivity contribution in [2.75, 3.05) is 12.3 Å². The Bertz CT molecular complexity index is 660. The zero-order chi connectivity index (χ0) is 14.8. The highest BCUT2D eigenvalue weighted by atomic mass is 32.2. The summed E-state index contributed by atoms with van der Waals surface area (Å²) in [6.07, 6.45) is 0. The maximum atomic E-state index is 13.4. The third-order valence-electron chi connectivity index (χ3n) is 3.38. The Kier molecular flexibility index (Phi) is 3.92. The second kappa shape index (κ2) is 5.85. The van der Waals surface area contributed by atoms with Crippen LogP contribution in [0.1, 0.15) is 21.3 Å². The van der Waals surface area contributed by atoms with Gasteiger partial charge in [0, 0.05) is 17.9 Å². The summed E-state index contributed by atoms with van der Waals surface area (Å²) in [5, 5.41) is -0.196. The minimum absolute atomic E-state index is 0.158. The number of rotatable bonds is 2. The van der Waals surface area contributed by atoms with Crippen LogP contribution in [0.5, 0.6) is 0 Å². The topological polar surface area (TPSA) is 20.3 Å². The summed E-state index contributed by atoms with van der Waals surface area (Å²) >= 11 is 1.60. The molecule has 2 aromatic carbocycles. The molecule has 1 saturated heterocycles. The van der Waals surface area contributed by atoms with E-state index in [1.807, 2.05) is 6.07 Å². The monoisotopic (exact) mass is 305 g/mol. The molecule has 1 heterocycles. The van der Waals surface area contributed by atoms with Gasteiger partial charge in [0.2, 0.25) is 0 Å². The predicted octanol–water partition coefficient (Wildman–Crippen LogP) is 3.85. The maximum absolute atomic E-state index is 13.4. The third kappa shape index (κ3) is 2.93. The Balaban J connectivity index is 1.87. The minimum atomic E-state index is -0.371. The number of nitrogens with zero attached hydrogens (tertiary/aromatic N) is 1. The van der Waals surface area contributed by atoms with Crippen molar-refractivity contribution in [1.29, 1.82) is 0 Å². The molecule has 0 spiro atoms.